The second-order valence-electron chi connectivity index (χ2n) is 4.82. The maximum absolute atomic E-state index is 11.9. The summed E-state index contributed by atoms with van der Waals surface area (Å²) in [4.78, 5) is 18.6. The van der Waals surface area contributed by atoms with Crippen molar-refractivity contribution in [3.05, 3.63) is 45.4 Å². The summed E-state index contributed by atoms with van der Waals surface area (Å²) in [5, 5.41) is 0.813. The maximum atomic E-state index is 11.9. The van der Waals surface area contributed by atoms with Crippen LogP contribution in [0.2, 0.25) is 0 Å². The molecule has 0 spiro atoms. The van der Waals surface area contributed by atoms with E-state index in [0.29, 0.717) is 11.5 Å². The number of carbonyl (C=O) groups is 1. The SMILES string of the molecule is Cc1ccc(OCc2nc(C)c(C(=O)N(C)C)s2)cc1. The van der Waals surface area contributed by atoms with Gasteiger partial charge in [-0.15, -0.1) is 11.3 Å². The van der Waals surface area contributed by atoms with Crippen molar-refractivity contribution in [1.29, 1.82) is 0 Å². The third kappa shape index (κ3) is 3.36. The van der Waals surface area contributed by atoms with Crippen molar-refractivity contribution in [1.82, 2.24) is 9.88 Å². The molecule has 0 atom stereocenters. The van der Waals surface area contributed by atoms with Gasteiger partial charge in [0.1, 0.15) is 22.2 Å². The van der Waals surface area contributed by atoms with Crippen LogP contribution >= 0.6 is 11.3 Å². The minimum atomic E-state index is -0.0124. The number of thiazole rings is 1. The van der Waals surface area contributed by atoms with Crippen LogP contribution in [-0.2, 0) is 6.61 Å². The van der Waals surface area contributed by atoms with Crippen LogP contribution < -0.4 is 4.74 Å². The summed E-state index contributed by atoms with van der Waals surface area (Å²) < 4.78 is 5.68. The Bertz CT molecular complexity index is 603. The molecular formula is C15H18N2O2S. The first-order valence-electron chi connectivity index (χ1n) is 6.35. The van der Waals surface area contributed by atoms with Gasteiger partial charge in [0.25, 0.3) is 5.91 Å². The molecule has 5 heteroatoms. The lowest BCUT2D eigenvalue weighted by atomic mass is 10.2. The van der Waals surface area contributed by atoms with Crippen LogP contribution in [0.15, 0.2) is 24.3 Å². The molecule has 2 rings (SSSR count). The molecule has 0 aliphatic rings. The molecule has 0 bridgehead atoms. The quantitative estimate of drug-likeness (QED) is 0.869. The number of aromatic nitrogens is 1. The maximum Gasteiger partial charge on any atom is 0.265 e. The summed E-state index contributed by atoms with van der Waals surface area (Å²) in [5.41, 5.74) is 1.96. The summed E-state index contributed by atoms with van der Waals surface area (Å²) >= 11 is 1.39. The predicted molar refractivity (Wildman–Crippen MR) is 80.4 cm³/mol. The molecule has 4 nitrogen and oxygen atoms in total. The number of hydrogen-bond acceptors (Lipinski definition) is 4. The van der Waals surface area contributed by atoms with Gasteiger partial charge in [0.2, 0.25) is 0 Å². The van der Waals surface area contributed by atoms with Crippen LogP contribution in [0.3, 0.4) is 0 Å². The first kappa shape index (κ1) is 14.5. The van der Waals surface area contributed by atoms with Crippen molar-refractivity contribution in [3.8, 4) is 5.75 Å². The molecule has 1 aromatic heterocycles. The molecule has 0 saturated carbocycles. The third-order valence-corrected chi connectivity index (χ3v) is 3.94. The highest BCUT2D eigenvalue weighted by atomic mass is 32.1. The van der Waals surface area contributed by atoms with E-state index in [0.717, 1.165) is 16.5 Å². The van der Waals surface area contributed by atoms with Crippen LogP contribution in [-0.4, -0.2) is 29.9 Å². The van der Waals surface area contributed by atoms with Crippen molar-refractivity contribution in [2.24, 2.45) is 0 Å². The number of carbonyl (C=O) groups excluding carboxylic acids is 1. The van der Waals surface area contributed by atoms with E-state index in [9.17, 15) is 4.79 Å². The van der Waals surface area contributed by atoms with Crippen LogP contribution in [0.4, 0.5) is 0 Å². The molecule has 0 aliphatic heterocycles. The Hall–Kier alpha value is -1.88. The van der Waals surface area contributed by atoms with Gasteiger partial charge in [0.15, 0.2) is 0 Å². The Labute approximate surface area is 123 Å². The van der Waals surface area contributed by atoms with E-state index in [4.69, 9.17) is 4.74 Å². The van der Waals surface area contributed by atoms with E-state index in [1.54, 1.807) is 19.0 Å². The summed E-state index contributed by atoms with van der Waals surface area (Å²) in [5.74, 6) is 0.797. The molecule has 0 aliphatic carbocycles. The Balaban J connectivity index is 2.05. The van der Waals surface area contributed by atoms with Crippen molar-refractivity contribution < 1.29 is 9.53 Å². The number of aryl methyl sites for hydroxylation is 2. The summed E-state index contributed by atoms with van der Waals surface area (Å²) in [6.45, 7) is 4.27. The Kier molecular flexibility index (Phi) is 4.39. The van der Waals surface area contributed by atoms with Crippen molar-refractivity contribution in [2.45, 2.75) is 20.5 Å². The highest BCUT2D eigenvalue weighted by Gasteiger charge is 2.16. The zero-order chi connectivity index (χ0) is 14.7. The number of benzene rings is 1. The topological polar surface area (TPSA) is 42.4 Å². The molecule has 1 aromatic carbocycles. The average molecular weight is 290 g/mol. The van der Waals surface area contributed by atoms with Crippen molar-refractivity contribution in [3.63, 3.8) is 0 Å². The minimum Gasteiger partial charge on any atom is -0.486 e. The van der Waals surface area contributed by atoms with Crippen LogP contribution in [0, 0.1) is 13.8 Å². The zero-order valence-corrected chi connectivity index (χ0v) is 13.0. The van der Waals surface area contributed by atoms with E-state index in [1.807, 2.05) is 38.1 Å². The number of amides is 1. The molecule has 0 N–H and O–H groups in total. The molecule has 0 unspecified atom stereocenters. The van der Waals surface area contributed by atoms with Gasteiger partial charge in [-0.25, -0.2) is 4.98 Å². The fourth-order valence-electron chi connectivity index (χ4n) is 1.70. The lowest BCUT2D eigenvalue weighted by Gasteiger charge is -2.07. The molecule has 106 valence electrons. The second-order valence-corrected chi connectivity index (χ2v) is 5.91. The normalized spacial score (nSPS) is 10.4. The van der Waals surface area contributed by atoms with Gasteiger partial charge in [0.05, 0.1) is 5.69 Å². The van der Waals surface area contributed by atoms with Gasteiger partial charge in [0, 0.05) is 14.1 Å². The van der Waals surface area contributed by atoms with E-state index in [1.165, 1.54) is 16.9 Å². The van der Waals surface area contributed by atoms with Gasteiger partial charge in [-0.05, 0) is 26.0 Å². The molecule has 0 fully saturated rings. The molecule has 0 saturated heterocycles. The minimum absolute atomic E-state index is 0.0124. The van der Waals surface area contributed by atoms with Crippen LogP contribution in [0.25, 0.3) is 0 Å². The molecular weight excluding hydrogens is 272 g/mol. The predicted octanol–water partition coefficient (Wildman–Crippen LogP) is 3.04. The average Bonchev–Trinajstić information content (AvgIpc) is 2.78. The smallest absolute Gasteiger partial charge is 0.265 e. The Morgan fingerprint density at radius 2 is 1.90 bits per heavy atom. The van der Waals surface area contributed by atoms with Crippen molar-refractivity contribution >= 4 is 17.2 Å². The second kappa shape index (κ2) is 6.05. The van der Waals surface area contributed by atoms with E-state index < -0.39 is 0 Å². The van der Waals surface area contributed by atoms with Crippen LogP contribution in [0.5, 0.6) is 5.75 Å². The fraction of sp³-hybridized carbons (Fsp3) is 0.333. The van der Waals surface area contributed by atoms with Gasteiger partial charge < -0.3 is 9.64 Å². The standard InChI is InChI=1S/C15H18N2O2S/c1-10-5-7-12(8-6-10)19-9-13-16-11(2)14(20-13)15(18)17(3)4/h5-8H,9H2,1-4H3. The molecule has 1 heterocycles. The molecule has 2 aromatic rings. The lowest BCUT2D eigenvalue weighted by Crippen LogP contribution is -2.21. The Morgan fingerprint density at radius 3 is 2.50 bits per heavy atom. The first-order valence-corrected chi connectivity index (χ1v) is 7.16. The largest absolute Gasteiger partial charge is 0.486 e. The van der Waals surface area contributed by atoms with E-state index >= 15 is 0 Å². The van der Waals surface area contributed by atoms with Crippen LogP contribution in [0.1, 0.15) is 25.9 Å². The monoisotopic (exact) mass is 290 g/mol. The highest BCUT2D eigenvalue weighted by Crippen LogP contribution is 2.21. The molecule has 20 heavy (non-hydrogen) atoms. The number of hydrogen-bond donors (Lipinski definition) is 0. The summed E-state index contributed by atoms with van der Waals surface area (Å²) in [6.07, 6.45) is 0. The fourth-order valence-corrected chi connectivity index (χ4v) is 2.69. The van der Waals surface area contributed by atoms with Gasteiger partial charge in [-0.1, -0.05) is 17.7 Å². The van der Waals surface area contributed by atoms with Gasteiger partial charge in [-0.3, -0.25) is 4.79 Å². The summed E-state index contributed by atoms with van der Waals surface area (Å²) in [7, 11) is 3.48. The highest BCUT2D eigenvalue weighted by molar-refractivity contribution is 7.13. The third-order valence-electron chi connectivity index (χ3n) is 2.82. The lowest BCUT2D eigenvalue weighted by molar-refractivity contribution is 0.0831. The van der Waals surface area contributed by atoms with Gasteiger partial charge >= 0.3 is 0 Å². The van der Waals surface area contributed by atoms with Gasteiger partial charge in [-0.2, -0.15) is 0 Å². The molecule has 1 amide bonds. The van der Waals surface area contributed by atoms with Crippen molar-refractivity contribution in [2.75, 3.05) is 14.1 Å². The molecule has 0 radical (unpaired) electrons. The zero-order valence-electron chi connectivity index (χ0n) is 12.1. The number of ether oxygens (including phenoxy) is 1. The number of nitrogens with zero attached hydrogens (tertiary/aromatic N) is 2. The van der Waals surface area contributed by atoms with E-state index in [2.05, 4.69) is 4.98 Å². The van der Waals surface area contributed by atoms with E-state index in [-0.39, 0.29) is 5.91 Å². The number of rotatable bonds is 4. The first-order chi connectivity index (χ1) is 9.47. The Morgan fingerprint density at radius 1 is 1.25 bits per heavy atom. The summed E-state index contributed by atoms with van der Waals surface area (Å²) in [6, 6.07) is 7.87.